The molecule has 0 aliphatic carbocycles. The van der Waals surface area contributed by atoms with Crippen molar-refractivity contribution in [1.29, 1.82) is 0 Å². The van der Waals surface area contributed by atoms with Crippen LogP contribution in [0.4, 0.5) is 22.0 Å². The van der Waals surface area contributed by atoms with Gasteiger partial charge in [-0.15, -0.1) is 0 Å². The molecule has 11 heteroatoms. The van der Waals surface area contributed by atoms with Crippen LogP contribution >= 0.6 is 0 Å². The van der Waals surface area contributed by atoms with Gasteiger partial charge < -0.3 is 0 Å². The summed E-state index contributed by atoms with van der Waals surface area (Å²) in [5, 5.41) is 8.50. The van der Waals surface area contributed by atoms with Crippen LogP contribution in [0.5, 0.6) is 0 Å². The van der Waals surface area contributed by atoms with Crippen LogP contribution in [0.2, 0.25) is 0 Å². The maximum Gasteiger partial charge on any atom is 0.282 e. The van der Waals surface area contributed by atoms with Crippen molar-refractivity contribution in [2.24, 2.45) is 5.14 Å². The normalized spacial score (nSPS) is 12.0. The molecule has 2 N–H and O–H groups in total. The second-order valence-electron chi connectivity index (χ2n) is 5.91. The number of halogens is 5. The minimum Gasteiger partial charge on any atom is -0.233 e. The lowest BCUT2D eigenvalue weighted by Crippen LogP contribution is -2.16. The highest BCUT2D eigenvalue weighted by atomic mass is 32.2. The number of hydrogen-bond donors (Lipinski definition) is 1. The third-order valence-electron chi connectivity index (χ3n) is 3.92. The molecule has 0 atom stereocenters. The highest BCUT2D eigenvalue weighted by Gasteiger charge is 2.24. The number of rotatable bonds is 4. The first-order valence-corrected chi connectivity index (χ1v) is 9.20. The topological polar surface area (TPSA) is 78.0 Å². The summed E-state index contributed by atoms with van der Waals surface area (Å²) >= 11 is 0. The summed E-state index contributed by atoms with van der Waals surface area (Å²) in [6, 6.07) is 5.83. The molecule has 0 fully saturated rings. The van der Waals surface area contributed by atoms with Crippen molar-refractivity contribution >= 4 is 10.0 Å². The summed E-state index contributed by atoms with van der Waals surface area (Å²) in [4.78, 5) is -1.34. The molecule has 0 aliphatic rings. The Bertz CT molecular complexity index is 1150. The molecule has 0 saturated carbocycles. The molecular formula is C17H12F5N3O2S. The summed E-state index contributed by atoms with van der Waals surface area (Å²) in [7, 11) is -4.68. The van der Waals surface area contributed by atoms with Gasteiger partial charge in [0.1, 0.15) is 23.1 Å². The van der Waals surface area contributed by atoms with Crippen molar-refractivity contribution in [2.75, 3.05) is 0 Å². The van der Waals surface area contributed by atoms with Crippen molar-refractivity contribution in [2.45, 2.75) is 18.2 Å². The number of primary sulfonamides is 1. The van der Waals surface area contributed by atoms with Crippen LogP contribution in [0, 0.1) is 24.4 Å². The Morgan fingerprint density at radius 3 is 2.11 bits per heavy atom. The maximum atomic E-state index is 14.2. The Morgan fingerprint density at radius 1 is 1.00 bits per heavy atom. The molecular weight excluding hydrogens is 405 g/mol. The largest absolute Gasteiger partial charge is 0.282 e. The van der Waals surface area contributed by atoms with E-state index in [2.05, 4.69) is 5.10 Å². The average Bonchev–Trinajstić information content (AvgIpc) is 3.01. The van der Waals surface area contributed by atoms with Gasteiger partial charge in [-0.05, 0) is 48.9 Å². The first-order chi connectivity index (χ1) is 13.0. The van der Waals surface area contributed by atoms with E-state index in [-0.39, 0.29) is 22.5 Å². The van der Waals surface area contributed by atoms with Crippen LogP contribution in [0.1, 0.15) is 17.7 Å². The van der Waals surface area contributed by atoms with E-state index in [1.165, 1.54) is 19.1 Å². The van der Waals surface area contributed by atoms with Gasteiger partial charge in [0.25, 0.3) is 6.43 Å². The molecule has 0 amide bonds. The smallest absolute Gasteiger partial charge is 0.233 e. The lowest BCUT2D eigenvalue weighted by Gasteiger charge is -2.10. The van der Waals surface area contributed by atoms with Gasteiger partial charge in [-0.2, -0.15) is 5.10 Å². The number of aromatic nitrogens is 2. The molecule has 0 radical (unpaired) electrons. The van der Waals surface area contributed by atoms with Gasteiger partial charge in [-0.3, -0.25) is 0 Å². The molecule has 3 rings (SSSR count). The molecule has 1 heterocycles. The van der Waals surface area contributed by atoms with E-state index in [1.807, 2.05) is 0 Å². The first kappa shape index (κ1) is 20.0. The van der Waals surface area contributed by atoms with Gasteiger partial charge in [-0.25, -0.2) is 40.2 Å². The summed E-state index contributed by atoms with van der Waals surface area (Å²) < 4.78 is 91.7. The van der Waals surface area contributed by atoms with Gasteiger partial charge >= 0.3 is 0 Å². The summed E-state index contributed by atoms with van der Waals surface area (Å²) in [5.74, 6) is -3.51. The van der Waals surface area contributed by atoms with Crippen LogP contribution in [0.25, 0.3) is 16.9 Å². The Morgan fingerprint density at radius 2 is 1.61 bits per heavy atom. The SMILES string of the molecule is Cc1cc(-n2nc(C(F)F)cc2-c2cc(F)c(S(N)(=O)=O)c(F)c2)ccc1F. The number of benzene rings is 2. The van der Waals surface area contributed by atoms with Gasteiger partial charge in [-0.1, -0.05) is 0 Å². The number of nitrogens with two attached hydrogens (primary N) is 1. The second-order valence-corrected chi connectivity index (χ2v) is 7.41. The van der Waals surface area contributed by atoms with Gasteiger partial charge in [0.2, 0.25) is 10.0 Å². The van der Waals surface area contributed by atoms with Gasteiger partial charge in [0, 0.05) is 5.56 Å². The molecule has 5 nitrogen and oxygen atoms in total. The predicted octanol–water partition coefficient (Wildman–Crippen LogP) is 3.85. The minimum absolute atomic E-state index is 0.153. The van der Waals surface area contributed by atoms with Crippen LogP contribution in [0.3, 0.4) is 0 Å². The van der Waals surface area contributed by atoms with Crippen LogP contribution in [-0.4, -0.2) is 18.2 Å². The molecule has 2 aromatic carbocycles. The van der Waals surface area contributed by atoms with E-state index < -0.39 is 44.5 Å². The summed E-state index contributed by atoms with van der Waals surface area (Å²) in [5.41, 5.74) is -0.742. The Hall–Kier alpha value is -2.79. The van der Waals surface area contributed by atoms with E-state index in [4.69, 9.17) is 5.14 Å². The van der Waals surface area contributed by atoms with E-state index in [0.717, 1.165) is 16.8 Å². The average molecular weight is 417 g/mol. The molecule has 0 spiro atoms. The van der Waals surface area contributed by atoms with Crippen LogP contribution in [0.15, 0.2) is 41.3 Å². The standard InChI is InChI=1S/C17H12F5N3O2S/c1-8-4-10(2-3-11(8)18)25-15(7-14(24-25)17(21)22)9-5-12(19)16(13(20)6-9)28(23,26)27/h2-7,17H,1H3,(H2,23,26,27). The number of alkyl halides is 2. The third-order valence-corrected chi connectivity index (χ3v) is 4.88. The van der Waals surface area contributed by atoms with Crippen molar-refractivity contribution in [1.82, 2.24) is 9.78 Å². The summed E-state index contributed by atoms with van der Waals surface area (Å²) in [6.45, 7) is 1.44. The molecule has 3 aromatic rings. The number of hydrogen-bond acceptors (Lipinski definition) is 3. The van der Waals surface area contributed by atoms with E-state index >= 15 is 0 Å². The number of sulfonamides is 1. The fourth-order valence-corrected chi connectivity index (χ4v) is 3.31. The van der Waals surface area contributed by atoms with Crippen molar-refractivity contribution in [3.63, 3.8) is 0 Å². The number of nitrogens with zero attached hydrogens (tertiary/aromatic N) is 2. The van der Waals surface area contributed by atoms with Crippen molar-refractivity contribution in [3.8, 4) is 16.9 Å². The van der Waals surface area contributed by atoms with E-state index in [1.54, 1.807) is 0 Å². The molecule has 1 aromatic heterocycles. The Kier molecular flexibility index (Phi) is 4.98. The van der Waals surface area contributed by atoms with Crippen LogP contribution in [-0.2, 0) is 10.0 Å². The van der Waals surface area contributed by atoms with Crippen molar-refractivity contribution < 1.29 is 30.4 Å². The molecule has 28 heavy (non-hydrogen) atoms. The summed E-state index contributed by atoms with van der Waals surface area (Å²) in [6.07, 6.45) is -2.99. The quantitative estimate of drug-likeness (QED) is 0.655. The van der Waals surface area contributed by atoms with E-state index in [9.17, 15) is 30.4 Å². The Labute approximate surface area is 156 Å². The monoisotopic (exact) mass is 417 g/mol. The highest BCUT2D eigenvalue weighted by Crippen LogP contribution is 2.31. The third kappa shape index (κ3) is 3.62. The molecule has 0 saturated heterocycles. The predicted molar refractivity (Wildman–Crippen MR) is 89.9 cm³/mol. The fraction of sp³-hybridized carbons (Fsp3) is 0.118. The van der Waals surface area contributed by atoms with Gasteiger partial charge in [0.15, 0.2) is 4.90 Å². The first-order valence-electron chi connectivity index (χ1n) is 7.66. The highest BCUT2D eigenvalue weighted by molar-refractivity contribution is 7.89. The zero-order valence-corrected chi connectivity index (χ0v) is 14.9. The Balaban J connectivity index is 2.26. The molecule has 0 aliphatic heterocycles. The maximum absolute atomic E-state index is 14.2. The lowest BCUT2D eigenvalue weighted by atomic mass is 10.1. The zero-order valence-electron chi connectivity index (χ0n) is 14.1. The second kappa shape index (κ2) is 6.99. The molecule has 148 valence electrons. The fourth-order valence-electron chi connectivity index (χ4n) is 2.65. The minimum atomic E-state index is -4.68. The van der Waals surface area contributed by atoms with Gasteiger partial charge in [0.05, 0.1) is 11.4 Å². The lowest BCUT2D eigenvalue weighted by molar-refractivity contribution is 0.145. The van der Waals surface area contributed by atoms with Crippen LogP contribution < -0.4 is 5.14 Å². The zero-order chi connectivity index (χ0) is 20.8. The van der Waals surface area contributed by atoms with E-state index in [0.29, 0.717) is 12.1 Å². The van der Waals surface area contributed by atoms with Crippen molar-refractivity contribution in [3.05, 3.63) is 65.1 Å². The molecule has 0 unspecified atom stereocenters. The number of aryl methyl sites for hydroxylation is 1. The molecule has 0 bridgehead atoms.